The lowest BCUT2D eigenvalue weighted by atomic mass is 9.76. The fourth-order valence-electron chi connectivity index (χ4n) is 3.98. The number of piperidine rings is 1. The normalized spacial score (nSPS) is 33.1. The van der Waals surface area contributed by atoms with Crippen LogP contribution in [0.5, 0.6) is 0 Å². The molecule has 3 nitrogen and oxygen atoms in total. The fourth-order valence-corrected chi connectivity index (χ4v) is 4.24. The second-order valence-corrected chi connectivity index (χ2v) is 6.82. The standard InChI is InChI=1S/C16H20BrNO2/c1-18-12-7-8-14(18)15(16(19)20-2)13(9-12)10-3-5-11(17)6-4-10/h3-6,12-15H,7-9H2,1-2H3/t12-,13-,14+,15-/m0/s1. The number of esters is 1. The van der Waals surface area contributed by atoms with Gasteiger partial charge in [-0.05, 0) is 44.0 Å². The van der Waals surface area contributed by atoms with Gasteiger partial charge in [0.1, 0.15) is 0 Å². The highest BCUT2D eigenvalue weighted by Gasteiger charge is 2.49. The average Bonchev–Trinajstić information content (AvgIpc) is 2.70. The largest absolute Gasteiger partial charge is 0.469 e. The molecular weight excluding hydrogens is 318 g/mol. The van der Waals surface area contributed by atoms with Crippen molar-refractivity contribution in [3.63, 3.8) is 0 Å². The van der Waals surface area contributed by atoms with E-state index in [9.17, 15) is 4.79 Å². The number of halogens is 1. The Morgan fingerprint density at radius 3 is 2.65 bits per heavy atom. The van der Waals surface area contributed by atoms with Crippen LogP contribution in [0.25, 0.3) is 0 Å². The number of methoxy groups -OCH3 is 1. The van der Waals surface area contributed by atoms with Gasteiger partial charge in [-0.25, -0.2) is 0 Å². The van der Waals surface area contributed by atoms with E-state index in [-0.39, 0.29) is 17.8 Å². The summed E-state index contributed by atoms with van der Waals surface area (Å²) in [6.45, 7) is 0. The molecule has 4 atom stereocenters. The first-order valence-corrected chi connectivity index (χ1v) is 7.96. The first-order valence-electron chi connectivity index (χ1n) is 7.17. The van der Waals surface area contributed by atoms with Gasteiger partial charge in [0, 0.05) is 22.5 Å². The van der Waals surface area contributed by atoms with Crippen LogP contribution in [0.3, 0.4) is 0 Å². The van der Waals surface area contributed by atoms with Crippen molar-refractivity contribution in [2.45, 2.75) is 37.3 Å². The third-order valence-corrected chi connectivity index (χ3v) is 5.57. The van der Waals surface area contributed by atoms with Gasteiger partial charge in [0.05, 0.1) is 13.0 Å². The zero-order valence-electron chi connectivity index (χ0n) is 11.9. The maximum Gasteiger partial charge on any atom is 0.310 e. The molecule has 20 heavy (non-hydrogen) atoms. The van der Waals surface area contributed by atoms with Gasteiger partial charge in [-0.3, -0.25) is 9.69 Å². The third kappa shape index (κ3) is 2.29. The molecule has 0 N–H and O–H groups in total. The molecule has 2 aliphatic heterocycles. The van der Waals surface area contributed by atoms with Crippen molar-refractivity contribution >= 4 is 21.9 Å². The number of rotatable bonds is 2. The molecule has 0 saturated carbocycles. The maximum atomic E-state index is 12.3. The molecule has 0 aromatic heterocycles. The predicted octanol–water partition coefficient (Wildman–Crippen LogP) is 3.19. The molecule has 2 heterocycles. The van der Waals surface area contributed by atoms with E-state index in [0.717, 1.165) is 17.3 Å². The number of carbonyl (C=O) groups is 1. The first kappa shape index (κ1) is 14.1. The molecule has 0 radical (unpaired) electrons. The number of hydrogen-bond acceptors (Lipinski definition) is 3. The summed E-state index contributed by atoms with van der Waals surface area (Å²) in [5.41, 5.74) is 1.26. The molecule has 1 aromatic carbocycles. The molecule has 2 saturated heterocycles. The van der Waals surface area contributed by atoms with Crippen molar-refractivity contribution in [3.05, 3.63) is 34.3 Å². The van der Waals surface area contributed by atoms with Crippen LogP contribution in [0.2, 0.25) is 0 Å². The average molecular weight is 338 g/mol. The van der Waals surface area contributed by atoms with E-state index in [1.807, 2.05) is 0 Å². The summed E-state index contributed by atoms with van der Waals surface area (Å²) in [6, 6.07) is 9.32. The number of ether oxygens (including phenoxy) is 1. The molecule has 1 aromatic rings. The minimum Gasteiger partial charge on any atom is -0.469 e. The van der Waals surface area contributed by atoms with Crippen molar-refractivity contribution in [1.82, 2.24) is 4.90 Å². The van der Waals surface area contributed by atoms with Gasteiger partial charge < -0.3 is 4.74 Å². The van der Waals surface area contributed by atoms with E-state index in [4.69, 9.17) is 4.74 Å². The molecule has 4 heteroatoms. The van der Waals surface area contributed by atoms with Gasteiger partial charge in [0.2, 0.25) is 0 Å². The second kappa shape index (κ2) is 5.49. The molecule has 0 spiro atoms. The maximum absolute atomic E-state index is 12.3. The van der Waals surface area contributed by atoms with E-state index >= 15 is 0 Å². The quantitative estimate of drug-likeness (QED) is 0.776. The monoisotopic (exact) mass is 337 g/mol. The van der Waals surface area contributed by atoms with Crippen LogP contribution in [0.15, 0.2) is 28.7 Å². The lowest BCUT2D eigenvalue weighted by Gasteiger charge is -2.41. The van der Waals surface area contributed by atoms with Crippen LogP contribution in [-0.2, 0) is 9.53 Å². The van der Waals surface area contributed by atoms with E-state index in [1.165, 1.54) is 19.1 Å². The fraction of sp³-hybridized carbons (Fsp3) is 0.562. The number of carbonyl (C=O) groups excluding carboxylic acids is 1. The van der Waals surface area contributed by atoms with Gasteiger partial charge in [-0.2, -0.15) is 0 Å². The minimum atomic E-state index is -0.0601. The summed E-state index contributed by atoms with van der Waals surface area (Å²) in [7, 11) is 3.65. The van der Waals surface area contributed by atoms with Crippen LogP contribution in [-0.4, -0.2) is 37.1 Å². The Morgan fingerprint density at radius 1 is 1.30 bits per heavy atom. The third-order valence-electron chi connectivity index (χ3n) is 5.04. The van der Waals surface area contributed by atoms with Crippen molar-refractivity contribution in [2.75, 3.05) is 14.2 Å². The zero-order chi connectivity index (χ0) is 14.3. The molecule has 0 amide bonds. The topological polar surface area (TPSA) is 29.5 Å². The van der Waals surface area contributed by atoms with Crippen LogP contribution in [0.1, 0.15) is 30.7 Å². The van der Waals surface area contributed by atoms with Crippen LogP contribution >= 0.6 is 15.9 Å². The Hall–Kier alpha value is -0.870. The highest BCUT2D eigenvalue weighted by molar-refractivity contribution is 9.10. The summed E-state index contributed by atoms with van der Waals surface area (Å²) >= 11 is 3.47. The molecule has 2 bridgehead atoms. The van der Waals surface area contributed by atoms with E-state index < -0.39 is 0 Å². The van der Waals surface area contributed by atoms with Gasteiger partial charge in [0.15, 0.2) is 0 Å². The minimum absolute atomic E-state index is 0.0371. The Kier molecular flexibility index (Phi) is 3.87. The zero-order valence-corrected chi connectivity index (χ0v) is 13.5. The lowest BCUT2D eigenvalue weighted by molar-refractivity contribution is -0.150. The molecule has 2 aliphatic rings. The summed E-state index contributed by atoms with van der Waals surface area (Å²) in [5, 5.41) is 0. The van der Waals surface area contributed by atoms with Crippen LogP contribution in [0, 0.1) is 5.92 Å². The smallest absolute Gasteiger partial charge is 0.310 e. The van der Waals surface area contributed by atoms with Crippen LogP contribution in [0.4, 0.5) is 0 Å². The van der Waals surface area contributed by atoms with Gasteiger partial charge in [-0.1, -0.05) is 28.1 Å². The molecule has 108 valence electrons. The highest BCUT2D eigenvalue weighted by Crippen LogP contribution is 2.46. The van der Waals surface area contributed by atoms with Crippen molar-refractivity contribution < 1.29 is 9.53 Å². The Bertz CT molecular complexity index is 502. The molecule has 3 rings (SSSR count). The van der Waals surface area contributed by atoms with Crippen molar-refractivity contribution in [3.8, 4) is 0 Å². The highest BCUT2D eigenvalue weighted by atomic mass is 79.9. The molecule has 0 unspecified atom stereocenters. The molecular formula is C16H20BrNO2. The summed E-state index contributed by atoms with van der Waals surface area (Å²) in [6.07, 6.45) is 3.35. The number of hydrogen-bond donors (Lipinski definition) is 0. The summed E-state index contributed by atoms with van der Waals surface area (Å²) in [4.78, 5) is 14.7. The number of benzene rings is 1. The van der Waals surface area contributed by atoms with Crippen molar-refractivity contribution in [1.29, 1.82) is 0 Å². The van der Waals surface area contributed by atoms with E-state index in [0.29, 0.717) is 12.1 Å². The van der Waals surface area contributed by atoms with Gasteiger partial charge in [0.25, 0.3) is 0 Å². The SMILES string of the molecule is COC(=O)[C@@H]1[C@H]2CC[C@@H](C[C@H]1c1ccc(Br)cc1)N2C. The Morgan fingerprint density at radius 2 is 2.00 bits per heavy atom. The Balaban J connectivity index is 1.95. The number of fused-ring (bicyclic) bond motifs is 2. The van der Waals surface area contributed by atoms with Gasteiger partial charge in [-0.15, -0.1) is 0 Å². The predicted molar refractivity (Wildman–Crippen MR) is 81.6 cm³/mol. The Labute approximate surface area is 128 Å². The van der Waals surface area contributed by atoms with E-state index in [1.54, 1.807) is 0 Å². The van der Waals surface area contributed by atoms with Crippen molar-refractivity contribution in [2.24, 2.45) is 5.92 Å². The summed E-state index contributed by atoms with van der Waals surface area (Å²) < 4.78 is 6.16. The van der Waals surface area contributed by atoms with Gasteiger partial charge >= 0.3 is 5.97 Å². The van der Waals surface area contributed by atoms with E-state index in [2.05, 4.69) is 52.1 Å². The molecule has 0 aliphatic carbocycles. The number of nitrogens with zero attached hydrogens (tertiary/aromatic N) is 1. The first-order chi connectivity index (χ1) is 9.61. The van der Waals surface area contributed by atoms with Crippen LogP contribution < -0.4 is 0 Å². The molecule has 2 fully saturated rings. The lowest BCUT2D eigenvalue weighted by Crippen LogP contribution is -2.49. The summed E-state index contributed by atoms with van der Waals surface area (Å²) in [5.74, 6) is 0.185. The second-order valence-electron chi connectivity index (χ2n) is 5.91.